The predicted octanol–water partition coefficient (Wildman–Crippen LogP) is 3.19. The molecule has 21 heavy (non-hydrogen) atoms. The van der Waals surface area contributed by atoms with Gasteiger partial charge >= 0.3 is 0 Å². The van der Waals surface area contributed by atoms with E-state index in [-0.39, 0.29) is 11.5 Å². The number of hydrogen-bond acceptors (Lipinski definition) is 3. The number of carbonyl (C=O) groups excluding carboxylic acids is 1. The molecule has 0 atom stereocenters. The summed E-state index contributed by atoms with van der Waals surface area (Å²) in [5.74, 6) is 0.655. The van der Waals surface area contributed by atoms with Crippen LogP contribution < -0.4 is 10.1 Å². The molecule has 0 saturated heterocycles. The van der Waals surface area contributed by atoms with E-state index in [0.29, 0.717) is 12.1 Å². The van der Waals surface area contributed by atoms with Gasteiger partial charge in [-0.2, -0.15) is 0 Å². The number of ether oxygens (including phenoxy) is 1. The second-order valence-electron chi connectivity index (χ2n) is 5.78. The Kier molecular flexibility index (Phi) is 4.58. The number of carbonyl (C=O) groups is 1. The van der Waals surface area contributed by atoms with E-state index in [1.54, 1.807) is 24.5 Å². The summed E-state index contributed by atoms with van der Waals surface area (Å²) < 4.78 is 5.73. The summed E-state index contributed by atoms with van der Waals surface area (Å²) in [7, 11) is 0. The molecule has 2 rings (SSSR count). The van der Waals surface area contributed by atoms with E-state index in [9.17, 15) is 4.79 Å². The van der Waals surface area contributed by atoms with Crippen molar-refractivity contribution in [2.75, 3.05) is 0 Å². The Morgan fingerprint density at radius 1 is 1.10 bits per heavy atom. The third-order valence-corrected chi connectivity index (χ3v) is 2.74. The number of benzene rings is 1. The van der Waals surface area contributed by atoms with Crippen molar-refractivity contribution in [3.63, 3.8) is 0 Å². The fourth-order valence-electron chi connectivity index (χ4n) is 1.81. The Hall–Kier alpha value is -2.36. The van der Waals surface area contributed by atoms with Crippen LogP contribution in [0, 0.1) is 0 Å². The van der Waals surface area contributed by atoms with Crippen molar-refractivity contribution in [3.05, 3.63) is 59.9 Å². The van der Waals surface area contributed by atoms with Gasteiger partial charge in [-0.25, -0.2) is 0 Å². The second kappa shape index (κ2) is 6.39. The summed E-state index contributed by atoms with van der Waals surface area (Å²) in [6.45, 7) is 6.45. The number of aromatic nitrogens is 1. The van der Waals surface area contributed by atoms with Crippen LogP contribution in [0.25, 0.3) is 0 Å². The molecule has 2 aromatic rings. The smallest absolute Gasteiger partial charge is 0.251 e. The topological polar surface area (TPSA) is 51.2 Å². The maximum atomic E-state index is 12.0. The quantitative estimate of drug-likeness (QED) is 0.938. The molecular formula is C17H20N2O2. The van der Waals surface area contributed by atoms with Crippen LogP contribution in [0.3, 0.4) is 0 Å². The molecule has 0 spiro atoms. The summed E-state index contributed by atoms with van der Waals surface area (Å²) in [6, 6.07) is 10.9. The minimum atomic E-state index is -0.245. The summed E-state index contributed by atoms with van der Waals surface area (Å²) >= 11 is 0. The number of nitrogens with one attached hydrogen (secondary N) is 1. The van der Waals surface area contributed by atoms with Gasteiger partial charge in [0.25, 0.3) is 5.91 Å². The first-order valence-corrected chi connectivity index (χ1v) is 6.90. The monoisotopic (exact) mass is 284 g/mol. The minimum Gasteiger partial charge on any atom is -0.488 e. The summed E-state index contributed by atoms with van der Waals surface area (Å²) in [6.07, 6.45) is 3.42. The number of rotatable bonds is 4. The highest BCUT2D eigenvalue weighted by Gasteiger charge is 2.12. The summed E-state index contributed by atoms with van der Waals surface area (Å²) in [5.41, 5.74) is 1.39. The minimum absolute atomic E-state index is 0.103. The Morgan fingerprint density at radius 3 is 2.29 bits per heavy atom. The molecule has 0 bridgehead atoms. The highest BCUT2D eigenvalue weighted by atomic mass is 16.5. The zero-order valence-corrected chi connectivity index (χ0v) is 12.6. The van der Waals surface area contributed by atoms with E-state index in [0.717, 1.165) is 11.3 Å². The number of amides is 1. The van der Waals surface area contributed by atoms with E-state index in [1.807, 2.05) is 45.0 Å². The fourth-order valence-corrected chi connectivity index (χ4v) is 1.81. The molecule has 1 heterocycles. The molecule has 1 aromatic carbocycles. The van der Waals surface area contributed by atoms with Gasteiger partial charge in [0.15, 0.2) is 0 Å². The third-order valence-electron chi connectivity index (χ3n) is 2.74. The van der Waals surface area contributed by atoms with Crippen LogP contribution in [0.15, 0.2) is 48.8 Å². The molecule has 0 fully saturated rings. The van der Waals surface area contributed by atoms with Gasteiger partial charge in [-0.05, 0) is 62.7 Å². The molecule has 110 valence electrons. The fraction of sp³-hybridized carbons (Fsp3) is 0.294. The Labute approximate surface area is 125 Å². The van der Waals surface area contributed by atoms with Crippen molar-refractivity contribution in [2.45, 2.75) is 32.9 Å². The summed E-state index contributed by atoms with van der Waals surface area (Å²) in [4.78, 5) is 16.0. The van der Waals surface area contributed by atoms with Crippen molar-refractivity contribution < 1.29 is 9.53 Å². The van der Waals surface area contributed by atoms with Crippen molar-refractivity contribution in [2.24, 2.45) is 0 Å². The highest BCUT2D eigenvalue weighted by molar-refractivity contribution is 5.94. The first-order chi connectivity index (χ1) is 9.94. The molecule has 0 aliphatic heterocycles. The number of hydrogen-bond donors (Lipinski definition) is 1. The zero-order chi connectivity index (χ0) is 15.3. The van der Waals surface area contributed by atoms with E-state index >= 15 is 0 Å². The van der Waals surface area contributed by atoms with Crippen LogP contribution in [0.4, 0.5) is 0 Å². The van der Waals surface area contributed by atoms with E-state index in [1.165, 1.54) is 0 Å². The van der Waals surface area contributed by atoms with Gasteiger partial charge in [0.2, 0.25) is 0 Å². The summed E-state index contributed by atoms with van der Waals surface area (Å²) in [5, 5.41) is 2.88. The van der Waals surface area contributed by atoms with Gasteiger partial charge in [-0.1, -0.05) is 0 Å². The van der Waals surface area contributed by atoms with Crippen molar-refractivity contribution in [1.82, 2.24) is 10.3 Å². The molecular weight excluding hydrogens is 264 g/mol. The molecule has 1 amide bonds. The van der Waals surface area contributed by atoms with E-state index in [4.69, 9.17) is 4.74 Å². The average Bonchev–Trinajstić information content (AvgIpc) is 2.45. The van der Waals surface area contributed by atoms with Gasteiger partial charge in [0.05, 0.1) is 0 Å². The van der Waals surface area contributed by atoms with Crippen LogP contribution in [0.2, 0.25) is 0 Å². The lowest BCUT2D eigenvalue weighted by molar-refractivity contribution is 0.0951. The lowest BCUT2D eigenvalue weighted by Crippen LogP contribution is -2.24. The molecule has 1 N–H and O–H groups in total. The molecule has 0 aliphatic carbocycles. The van der Waals surface area contributed by atoms with Gasteiger partial charge in [0, 0.05) is 24.5 Å². The van der Waals surface area contributed by atoms with E-state index in [2.05, 4.69) is 10.3 Å². The van der Waals surface area contributed by atoms with Gasteiger partial charge in [-0.3, -0.25) is 9.78 Å². The third kappa shape index (κ3) is 4.91. The standard InChI is InChI=1S/C17H20N2O2/c1-17(2,3)21-15-6-4-14(5-7-15)16(20)19-12-13-8-10-18-11-9-13/h4-11H,12H2,1-3H3,(H,19,20). The van der Waals surface area contributed by atoms with Crippen LogP contribution in [0.5, 0.6) is 5.75 Å². The SMILES string of the molecule is CC(C)(C)Oc1ccc(C(=O)NCc2ccncc2)cc1. The predicted molar refractivity (Wildman–Crippen MR) is 82.2 cm³/mol. The lowest BCUT2D eigenvalue weighted by Gasteiger charge is -2.21. The second-order valence-corrected chi connectivity index (χ2v) is 5.78. The molecule has 1 aromatic heterocycles. The van der Waals surface area contributed by atoms with Crippen molar-refractivity contribution >= 4 is 5.91 Å². The first kappa shape index (κ1) is 15.0. The Bertz CT molecular complexity index is 586. The van der Waals surface area contributed by atoms with Crippen LogP contribution in [0.1, 0.15) is 36.7 Å². The van der Waals surface area contributed by atoms with Gasteiger partial charge in [-0.15, -0.1) is 0 Å². The maximum Gasteiger partial charge on any atom is 0.251 e. The largest absolute Gasteiger partial charge is 0.488 e. The lowest BCUT2D eigenvalue weighted by atomic mass is 10.1. The van der Waals surface area contributed by atoms with Crippen LogP contribution in [-0.2, 0) is 6.54 Å². The highest BCUT2D eigenvalue weighted by Crippen LogP contribution is 2.18. The molecule has 0 saturated carbocycles. The van der Waals surface area contributed by atoms with Crippen LogP contribution in [-0.4, -0.2) is 16.5 Å². The number of pyridine rings is 1. The van der Waals surface area contributed by atoms with Crippen molar-refractivity contribution in [3.8, 4) is 5.75 Å². The molecule has 4 heteroatoms. The van der Waals surface area contributed by atoms with Gasteiger partial charge in [0.1, 0.15) is 11.4 Å². The number of nitrogens with zero attached hydrogens (tertiary/aromatic N) is 1. The van der Waals surface area contributed by atoms with Crippen LogP contribution >= 0.6 is 0 Å². The molecule has 0 radical (unpaired) electrons. The Balaban J connectivity index is 1.94. The first-order valence-electron chi connectivity index (χ1n) is 6.90. The molecule has 0 unspecified atom stereocenters. The zero-order valence-electron chi connectivity index (χ0n) is 12.6. The Morgan fingerprint density at radius 2 is 1.71 bits per heavy atom. The van der Waals surface area contributed by atoms with E-state index < -0.39 is 0 Å². The molecule has 0 aliphatic rings. The average molecular weight is 284 g/mol. The normalized spacial score (nSPS) is 11.0. The molecule has 4 nitrogen and oxygen atoms in total. The van der Waals surface area contributed by atoms with Gasteiger partial charge < -0.3 is 10.1 Å². The maximum absolute atomic E-state index is 12.0. The van der Waals surface area contributed by atoms with Crippen molar-refractivity contribution in [1.29, 1.82) is 0 Å².